The summed E-state index contributed by atoms with van der Waals surface area (Å²) in [6, 6.07) is 3.16. The van der Waals surface area contributed by atoms with Gasteiger partial charge in [-0.3, -0.25) is 0 Å². The van der Waals surface area contributed by atoms with Gasteiger partial charge in [0.1, 0.15) is 10.1 Å². The monoisotopic (exact) mass is 909 g/mol. The van der Waals surface area contributed by atoms with Crippen LogP contribution < -0.4 is 29.6 Å². The minimum Gasteiger partial charge on any atom is -0.744 e. The van der Waals surface area contributed by atoms with Gasteiger partial charge in [0.15, 0.2) is 0 Å². The Hall–Kier alpha value is -1.45. The molecule has 7 nitrogen and oxygen atoms in total. The standard InChI is InChI=1S/C54H94O7S.Na/c1-3-5-7-9-11-13-15-17-19-21-23-25-27-29-31-33-35-37-39-41-43-47-60-53(55)51-46-45-50(62(57,58)59)49-52(51)54(56)61-48-44-42-40-38-36-34-32-30-28-26-24-22-20-18-16-14-12-10-8-6-4-2;/h7-10,45-46,49H,3-6,11-44,47-48H2,1-2H3,(H,57,58,59);/q;+1/p-1/b9-7+,10-8+;. The van der Waals surface area contributed by atoms with Crippen LogP contribution in [0.3, 0.4) is 0 Å². The normalized spacial score (nSPS) is 11.7. The van der Waals surface area contributed by atoms with Crippen molar-refractivity contribution in [3.63, 3.8) is 0 Å². The fraction of sp³-hybridized carbons (Fsp3) is 0.778. The maximum Gasteiger partial charge on any atom is 1.00 e. The number of benzene rings is 1. The molecule has 63 heavy (non-hydrogen) atoms. The van der Waals surface area contributed by atoms with Crippen molar-refractivity contribution in [2.75, 3.05) is 13.2 Å². The molecular formula is C54H93NaO7S. The maximum absolute atomic E-state index is 13.0. The third-order valence-electron chi connectivity index (χ3n) is 12.0. The first-order chi connectivity index (χ1) is 30.3. The van der Waals surface area contributed by atoms with Gasteiger partial charge in [0, 0.05) is 0 Å². The van der Waals surface area contributed by atoms with Gasteiger partial charge < -0.3 is 14.0 Å². The summed E-state index contributed by atoms with van der Waals surface area (Å²) in [6.07, 6.45) is 56.6. The molecule has 1 rings (SSSR count). The molecule has 0 aromatic heterocycles. The Kier molecular flexibility index (Phi) is 44.6. The molecule has 0 N–H and O–H groups in total. The topological polar surface area (TPSA) is 110 Å². The average Bonchev–Trinajstić information content (AvgIpc) is 3.26. The van der Waals surface area contributed by atoms with Crippen LogP contribution in [0.4, 0.5) is 0 Å². The van der Waals surface area contributed by atoms with Crippen molar-refractivity contribution in [3.05, 3.63) is 53.6 Å². The molecule has 0 unspecified atom stereocenters. The van der Waals surface area contributed by atoms with E-state index in [1.807, 2.05) is 0 Å². The van der Waals surface area contributed by atoms with E-state index < -0.39 is 27.0 Å². The second-order valence-corrected chi connectivity index (χ2v) is 19.2. The number of carbonyl (C=O) groups is 2. The molecule has 358 valence electrons. The van der Waals surface area contributed by atoms with E-state index in [0.717, 1.165) is 44.2 Å². The minimum absolute atomic E-state index is 0. The predicted octanol–water partition coefficient (Wildman–Crippen LogP) is 13.9. The van der Waals surface area contributed by atoms with Gasteiger partial charge in [-0.2, -0.15) is 0 Å². The van der Waals surface area contributed by atoms with Crippen molar-refractivity contribution < 1.29 is 61.6 Å². The summed E-state index contributed by atoms with van der Waals surface area (Å²) in [5, 5.41) is 0. The Bertz CT molecular complexity index is 1380. The average molecular weight is 909 g/mol. The zero-order chi connectivity index (χ0) is 45.0. The van der Waals surface area contributed by atoms with Crippen molar-refractivity contribution in [1.82, 2.24) is 0 Å². The molecule has 0 radical (unpaired) electrons. The van der Waals surface area contributed by atoms with Crippen molar-refractivity contribution in [1.29, 1.82) is 0 Å². The van der Waals surface area contributed by atoms with Crippen LogP contribution in [-0.2, 0) is 19.6 Å². The van der Waals surface area contributed by atoms with Crippen molar-refractivity contribution >= 4 is 22.1 Å². The molecular weight excluding hydrogens is 816 g/mol. The molecule has 0 saturated heterocycles. The molecule has 0 spiro atoms. The van der Waals surface area contributed by atoms with Gasteiger partial charge in [0.2, 0.25) is 0 Å². The van der Waals surface area contributed by atoms with Crippen LogP contribution in [0.2, 0.25) is 0 Å². The van der Waals surface area contributed by atoms with Crippen LogP contribution in [0.15, 0.2) is 47.4 Å². The number of unbranched alkanes of at least 4 members (excludes halogenated alkanes) is 34. The summed E-state index contributed by atoms with van der Waals surface area (Å²) >= 11 is 0. The van der Waals surface area contributed by atoms with Gasteiger partial charge in [-0.15, -0.1) is 0 Å². The first-order valence-electron chi connectivity index (χ1n) is 26.0. The number of hydrogen-bond donors (Lipinski definition) is 0. The van der Waals surface area contributed by atoms with Gasteiger partial charge in [0.05, 0.1) is 29.2 Å². The van der Waals surface area contributed by atoms with Crippen molar-refractivity contribution in [2.24, 2.45) is 0 Å². The van der Waals surface area contributed by atoms with E-state index in [-0.39, 0.29) is 53.9 Å². The van der Waals surface area contributed by atoms with Crippen LogP contribution in [0.25, 0.3) is 0 Å². The number of allylic oxidation sites excluding steroid dienone is 4. The summed E-state index contributed by atoms with van der Waals surface area (Å²) in [6.45, 7) is 4.83. The molecule has 0 aliphatic rings. The van der Waals surface area contributed by atoms with E-state index >= 15 is 0 Å². The summed E-state index contributed by atoms with van der Waals surface area (Å²) < 4.78 is 46.0. The largest absolute Gasteiger partial charge is 1.00 e. The Labute approximate surface area is 410 Å². The van der Waals surface area contributed by atoms with Gasteiger partial charge in [-0.1, -0.05) is 231 Å². The van der Waals surface area contributed by atoms with E-state index in [2.05, 4.69) is 38.2 Å². The molecule has 0 atom stereocenters. The molecule has 0 aliphatic heterocycles. The number of rotatable bonds is 45. The van der Waals surface area contributed by atoms with E-state index in [1.54, 1.807) is 0 Å². The van der Waals surface area contributed by atoms with Gasteiger partial charge in [0.25, 0.3) is 0 Å². The second kappa shape index (κ2) is 45.7. The second-order valence-electron chi connectivity index (χ2n) is 17.8. The zero-order valence-corrected chi connectivity index (χ0v) is 43.9. The molecule has 9 heteroatoms. The molecule has 0 heterocycles. The first kappa shape index (κ1) is 61.5. The Morgan fingerprint density at radius 3 is 1.00 bits per heavy atom. The van der Waals surface area contributed by atoms with Crippen LogP contribution >= 0.6 is 0 Å². The fourth-order valence-corrected chi connectivity index (χ4v) is 8.49. The summed E-state index contributed by atoms with van der Waals surface area (Å²) in [5.41, 5.74) is -0.328. The maximum atomic E-state index is 13.0. The molecule has 1 aromatic rings. The third kappa shape index (κ3) is 38.4. The quantitative estimate of drug-likeness (QED) is 0.0211. The molecule has 0 bridgehead atoms. The van der Waals surface area contributed by atoms with Crippen molar-refractivity contribution in [2.45, 2.75) is 263 Å². The SMILES string of the molecule is CCC/C=C/CCCCCCCCCCCCCCCCCCOC(=O)c1ccc(S(=O)(=O)[O-])cc1C(=O)OCCCCCCCCCCCCCCCCCC/C=C/CCC.[Na+]. The number of hydrogen-bond acceptors (Lipinski definition) is 7. The summed E-state index contributed by atoms with van der Waals surface area (Å²) in [5.74, 6) is -1.54. The van der Waals surface area contributed by atoms with Gasteiger partial charge >= 0.3 is 41.5 Å². The molecule has 1 aromatic carbocycles. The number of ether oxygens (including phenoxy) is 2. The van der Waals surface area contributed by atoms with Crippen LogP contribution in [0.1, 0.15) is 279 Å². The van der Waals surface area contributed by atoms with E-state index in [9.17, 15) is 22.6 Å². The number of carbonyl (C=O) groups excluding carboxylic acids is 2. The van der Waals surface area contributed by atoms with E-state index in [4.69, 9.17) is 9.47 Å². The first-order valence-corrected chi connectivity index (χ1v) is 27.5. The molecule has 0 amide bonds. The predicted molar refractivity (Wildman–Crippen MR) is 260 cm³/mol. The molecule has 0 fully saturated rings. The summed E-state index contributed by atoms with van der Waals surface area (Å²) in [4.78, 5) is 25.4. The fourth-order valence-electron chi connectivity index (χ4n) is 7.99. The third-order valence-corrected chi connectivity index (χ3v) is 12.8. The smallest absolute Gasteiger partial charge is 0.744 e. The number of esters is 2. The Morgan fingerprint density at radius 1 is 0.429 bits per heavy atom. The van der Waals surface area contributed by atoms with Crippen molar-refractivity contribution in [3.8, 4) is 0 Å². The minimum atomic E-state index is -4.82. The Balaban J connectivity index is 0.0000384. The van der Waals surface area contributed by atoms with Crippen LogP contribution in [0, 0.1) is 0 Å². The zero-order valence-electron chi connectivity index (χ0n) is 41.1. The van der Waals surface area contributed by atoms with Crippen LogP contribution in [-0.4, -0.2) is 38.1 Å². The van der Waals surface area contributed by atoms with E-state index in [0.29, 0.717) is 12.8 Å². The van der Waals surface area contributed by atoms with E-state index in [1.165, 1.54) is 205 Å². The van der Waals surface area contributed by atoms with Gasteiger partial charge in [-0.25, -0.2) is 18.0 Å². The Morgan fingerprint density at radius 2 is 0.698 bits per heavy atom. The molecule has 0 aliphatic carbocycles. The molecule has 0 saturated carbocycles. The van der Waals surface area contributed by atoms with Crippen LogP contribution in [0.5, 0.6) is 0 Å². The van der Waals surface area contributed by atoms with Gasteiger partial charge in [-0.05, 0) is 69.6 Å². The summed E-state index contributed by atoms with van der Waals surface area (Å²) in [7, 11) is -4.82.